The van der Waals surface area contributed by atoms with Crippen molar-refractivity contribution in [1.82, 2.24) is 10.0 Å². The Hall–Kier alpha value is -3.22. The van der Waals surface area contributed by atoms with E-state index in [-0.39, 0.29) is 19.3 Å². The van der Waals surface area contributed by atoms with Gasteiger partial charge in [0, 0.05) is 18.7 Å². The minimum Gasteiger partial charge on any atom is -0.454 e. The number of amides is 2. The van der Waals surface area contributed by atoms with E-state index in [9.17, 15) is 9.59 Å². The van der Waals surface area contributed by atoms with E-state index in [2.05, 4.69) is 0 Å². The van der Waals surface area contributed by atoms with Gasteiger partial charge in [0.25, 0.3) is 5.91 Å². The first-order valence-corrected chi connectivity index (χ1v) is 8.42. The molecule has 134 valence electrons. The molecule has 7 nitrogen and oxygen atoms in total. The molecule has 2 aliphatic heterocycles. The smallest absolute Gasteiger partial charge is 0.429 e. The van der Waals surface area contributed by atoms with Gasteiger partial charge in [0.1, 0.15) is 6.61 Å². The first-order chi connectivity index (χ1) is 12.7. The number of hydrogen-bond acceptors (Lipinski definition) is 5. The molecule has 2 aliphatic rings. The third-order valence-corrected chi connectivity index (χ3v) is 4.30. The zero-order chi connectivity index (χ0) is 17.9. The molecule has 0 aromatic heterocycles. The van der Waals surface area contributed by atoms with E-state index in [1.54, 1.807) is 18.2 Å². The standard InChI is InChI=1S/C19H18N2O5/c22-18(15-7-8-16-17(11-15)26-13-25-16)20-9-4-10-21(20)19(23)24-12-14-5-2-1-3-6-14/h1-3,5-8,11H,4,9-10,12-13H2. The molecule has 0 spiro atoms. The molecule has 0 bridgehead atoms. The van der Waals surface area contributed by atoms with Crippen LogP contribution in [-0.4, -0.2) is 41.9 Å². The Morgan fingerprint density at radius 3 is 2.58 bits per heavy atom. The van der Waals surface area contributed by atoms with Gasteiger partial charge >= 0.3 is 6.09 Å². The summed E-state index contributed by atoms with van der Waals surface area (Å²) in [5.74, 6) is 0.882. The van der Waals surface area contributed by atoms with Crippen LogP contribution in [0, 0.1) is 0 Å². The summed E-state index contributed by atoms with van der Waals surface area (Å²) < 4.78 is 15.9. The molecule has 4 rings (SSSR count). The summed E-state index contributed by atoms with van der Waals surface area (Å²) in [4.78, 5) is 25.2. The Bertz CT molecular complexity index is 824. The summed E-state index contributed by atoms with van der Waals surface area (Å²) in [6.45, 7) is 1.23. The predicted octanol–water partition coefficient (Wildman–Crippen LogP) is 2.82. The Balaban J connectivity index is 1.44. The number of rotatable bonds is 3. The Morgan fingerprint density at radius 1 is 0.962 bits per heavy atom. The van der Waals surface area contributed by atoms with Crippen molar-refractivity contribution in [3.63, 3.8) is 0 Å². The average molecular weight is 354 g/mol. The fraction of sp³-hybridized carbons (Fsp3) is 0.263. The van der Waals surface area contributed by atoms with Crippen molar-refractivity contribution in [2.45, 2.75) is 13.0 Å². The van der Waals surface area contributed by atoms with E-state index in [4.69, 9.17) is 14.2 Å². The van der Waals surface area contributed by atoms with E-state index in [1.807, 2.05) is 30.3 Å². The van der Waals surface area contributed by atoms with Crippen LogP contribution in [0.3, 0.4) is 0 Å². The highest BCUT2D eigenvalue weighted by Gasteiger charge is 2.33. The van der Waals surface area contributed by atoms with Gasteiger partial charge in [-0.2, -0.15) is 0 Å². The van der Waals surface area contributed by atoms with Crippen LogP contribution in [0.1, 0.15) is 22.3 Å². The molecule has 0 atom stereocenters. The van der Waals surface area contributed by atoms with Crippen LogP contribution in [0.15, 0.2) is 48.5 Å². The van der Waals surface area contributed by atoms with Crippen molar-refractivity contribution in [3.8, 4) is 11.5 Å². The summed E-state index contributed by atoms with van der Waals surface area (Å²) in [5, 5.41) is 2.78. The normalized spacial score (nSPS) is 15.2. The Morgan fingerprint density at radius 2 is 1.73 bits per heavy atom. The zero-order valence-electron chi connectivity index (χ0n) is 14.1. The second-order valence-corrected chi connectivity index (χ2v) is 6.01. The van der Waals surface area contributed by atoms with E-state index >= 15 is 0 Å². The summed E-state index contributed by atoms with van der Waals surface area (Å²) in [6.07, 6.45) is 0.178. The molecule has 26 heavy (non-hydrogen) atoms. The fourth-order valence-corrected chi connectivity index (χ4v) is 2.99. The van der Waals surface area contributed by atoms with E-state index < -0.39 is 6.09 Å². The van der Waals surface area contributed by atoms with Gasteiger partial charge in [0.2, 0.25) is 6.79 Å². The largest absolute Gasteiger partial charge is 0.454 e. The number of hydrazine groups is 1. The van der Waals surface area contributed by atoms with Crippen LogP contribution in [0.2, 0.25) is 0 Å². The first kappa shape index (κ1) is 16.3. The van der Waals surface area contributed by atoms with Crippen molar-refractivity contribution in [2.75, 3.05) is 19.9 Å². The lowest BCUT2D eigenvalue weighted by molar-refractivity contribution is 0.0111. The lowest BCUT2D eigenvalue weighted by atomic mass is 10.2. The number of carbonyl (C=O) groups excluding carboxylic acids is 2. The van der Waals surface area contributed by atoms with E-state index in [0.29, 0.717) is 36.6 Å². The first-order valence-electron chi connectivity index (χ1n) is 8.42. The third kappa shape index (κ3) is 3.15. The average Bonchev–Trinajstić information content (AvgIpc) is 3.35. The maximum atomic E-state index is 12.8. The molecule has 2 heterocycles. The van der Waals surface area contributed by atoms with Crippen molar-refractivity contribution in [2.24, 2.45) is 0 Å². The molecule has 0 saturated carbocycles. The number of hydrogen-bond donors (Lipinski definition) is 0. The Kier molecular flexibility index (Phi) is 4.35. The van der Waals surface area contributed by atoms with Gasteiger partial charge in [-0.1, -0.05) is 30.3 Å². The highest BCUT2D eigenvalue weighted by molar-refractivity contribution is 5.96. The van der Waals surface area contributed by atoms with Crippen molar-refractivity contribution < 1.29 is 23.8 Å². The number of fused-ring (bicyclic) bond motifs is 1. The van der Waals surface area contributed by atoms with Crippen molar-refractivity contribution in [3.05, 3.63) is 59.7 Å². The molecule has 0 unspecified atom stereocenters. The monoisotopic (exact) mass is 354 g/mol. The molecular formula is C19H18N2O5. The van der Waals surface area contributed by atoms with Gasteiger partial charge in [-0.05, 0) is 30.2 Å². The van der Waals surface area contributed by atoms with Gasteiger partial charge < -0.3 is 14.2 Å². The third-order valence-electron chi connectivity index (χ3n) is 4.30. The summed E-state index contributed by atoms with van der Waals surface area (Å²) >= 11 is 0. The fourth-order valence-electron chi connectivity index (χ4n) is 2.99. The van der Waals surface area contributed by atoms with Gasteiger partial charge in [-0.25, -0.2) is 14.8 Å². The van der Waals surface area contributed by atoms with Crippen molar-refractivity contribution in [1.29, 1.82) is 0 Å². The lowest BCUT2D eigenvalue weighted by Gasteiger charge is -2.27. The second kappa shape index (κ2) is 6.95. The maximum Gasteiger partial charge on any atom is 0.429 e. The molecule has 2 aromatic carbocycles. The predicted molar refractivity (Wildman–Crippen MR) is 91.6 cm³/mol. The molecule has 2 aromatic rings. The zero-order valence-corrected chi connectivity index (χ0v) is 14.1. The Labute approximate surface area is 150 Å². The quantitative estimate of drug-likeness (QED) is 0.848. The highest BCUT2D eigenvalue weighted by atomic mass is 16.7. The molecule has 7 heteroatoms. The molecule has 0 radical (unpaired) electrons. The topological polar surface area (TPSA) is 68.3 Å². The van der Waals surface area contributed by atoms with E-state index in [1.165, 1.54) is 10.0 Å². The van der Waals surface area contributed by atoms with Gasteiger partial charge in [-0.3, -0.25) is 4.79 Å². The van der Waals surface area contributed by atoms with Gasteiger partial charge in [-0.15, -0.1) is 0 Å². The molecule has 1 fully saturated rings. The lowest BCUT2D eigenvalue weighted by Crippen LogP contribution is -2.45. The van der Waals surface area contributed by atoms with Crippen LogP contribution in [0.25, 0.3) is 0 Å². The second-order valence-electron chi connectivity index (χ2n) is 6.01. The van der Waals surface area contributed by atoms with Crippen molar-refractivity contribution >= 4 is 12.0 Å². The number of carbonyl (C=O) groups is 2. The SMILES string of the molecule is O=C(OCc1ccccc1)N1CCCN1C(=O)c1ccc2c(c1)OCO2. The summed E-state index contributed by atoms with van der Waals surface area (Å²) in [5.41, 5.74) is 1.34. The van der Waals surface area contributed by atoms with E-state index in [0.717, 1.165) is 5.56 Å². The maximum absolute atomic E-state index is 12.8. The van der Waals surface area contributed by atoms with Crippen LogP contribution >= 0.6 is 0 Å². The number of benzene rings is 2. The van der Waals surface area contributed by atoms with Crippen LogP contribution in [-0.2, 0) is 11.3 Å². The summed E-state index contributed by atoms with van der Waals surface area (Å²) in [7, 11) is 0. The minimum absolute atomic E-state index is 0.147. The minimum atomic E-state index is -0.527. The number of nitrogens with zero attached hydrogens (tertiary/aromatic N) is 2. The van der Waals surface area contributed by atoms with Gasteiger partial charge in [0.05, 0.1) is 0 Å². The molecular weight excluding hydrogens is 336 g/mol. The number of ether oxygens (including phenoxy) is 3. The molecule has 2 amide bonds. The highest BCUT2D eigenvalue weighted by Crippen LogP contribution is 2.33. The molecule has 1 saturated heterocycles. The van der Waals surface area contributed by atoms with Crippen LogP contribution in [0.4, 0.5) is 4.79 Å². The summed E-state index contributed by atoms with van der Waals surface area (Å²) in [6, 6.07) is 14.4. The van der Waals surface area contributed by atoms with Crippen LogP contribution in [0.5, 0.6) is 11.5 Å². The van der Waals surface area contributed by atoms with Gasteiger partial charge in [0.15, 0.2) is 11.5 Å². The molecule has 0 aliphatic carbocycles. The molecule has 0 N–H and O–H groups in total. The van der Waals surface area contributed by atoms with Crippen LogP contribution < -0.4 is 9.47 Å².